The molecule has 0 unspecified atom stereocenters. The molecule has 112 valence electrons. The molecule has 2 aromatic carbocycles. The number of alkyl halides is 3. The van der Waals surface area contributed by atoms with Crippen molar-refractivity contribution in [3.8, 4) is 5.75 Å². The van der Waals surface area contributed by atoms with Gasteiger partial charge in [-0.2, -0.15) is 13.2 Å². The molecule has 2 rings (SSSR count). The Bertz CT molecular complexity index is 623. The van der Waals surface area contributed by atoms with Crippen LogP contribution in [0.4, 0.5) is 13.2 Å². The van der Waals surface area contributed by atoms with E-state index in [1.807, 2.05) is 25.1 Å². The topological polar surface area (TPSA) is 35.2 Å². The number of aryl methyl sites for hydroxylation is 1. The third-order valence-electron chi connectivity index (χ3n) is 3.15. The van der Waals surface area contributed by atoms with Crippen molar-refractivity contribution in [1.29, 1.82) is 0 Å². The molecule has 0 bridgehead atoms. The molecule has 5 heteroatoms. The summed E-state index contributed by atoms with van der Waals surface area (Å²) >= 11 is 0. The molecule has 2 aromatic rings. The summed E-state index contributed by atoms with van der Waals surface area (Å²) in [5.74, 6) is 0.636. The molecule has 0 aromatic heterocycles. The average Bonchev–Trinajstić information content (AvgIpc) is 2.45. The van der Waals surface area contributed by atoms with Gasteiger partial charge in [-0.1, -0.05) is 30.3 Å². The van der Waals surface area contributed by atoms with Gasteiger partial charge in [-0.05, 0) is 30.2 Å². The second-order valence-electron chi connectivity index (χ2n) is 4.75. The molecule has 0 fully saturated rings. The van der Waals surface area contributed by atoms with Crippen LogP contribution >= 0.6 is 0 Å². The van der Waals surface area contributed by atoms with Crippen molar-refractivity contribution >= 4 is 0 Å². The van der Waals surface area contributed by atoms with E-state index in [9.17, 15) is 13.2 Å². The number of benzene rings is 2. The van der Waals surface area contributed by atoms with Gasteiger partial charge in [0.1, 0.15) is 12.4 Å². The highest BCUT2D eigenvalue weighted by Gasteiger charge is 2.30. The summed E-state index contributed by atoms with van der Waals surface area (Å²) in [6, 6.07) is 10.7. The van der Waals surface area contributed by atoms with Crippen LogP contribution in [0.3, 0.4) is 0 Å². The third-order valence-corrected chi connectivity index (χ3v) is 3.15. The largest absolute Gasteiger partial charge is 0.488 e. The van der Waals surface area contributed by atoms with Gasteiger partial charge in [-0.15, -0.1) is 0 Å². The van der Waals surface area contributed by atoms with Crippen molar-refractivity contribution in [2.75, 3.05) is 0 Å². The number of para-hydroxylation sites is 1. The summed E-state index contributed by atoms with van der Waals surface area (Å²) in [5, 5.41) is 0. The summed E-state index contributed by atoms with van der Waals surface area (Å²) in [4.78, 5) is 0. The lowest BCUT2D eigenvalue weighted by molar-refractivity contribution is -0.137. The zero-order chi connectivity index (χ0) is 15.5. The van der Waals surface area contributed by atoms with Crippen LogP contribution in [0.5, 0.6) is 5.75 Å². The number of ether oxygens (including phenoxy) is 1. The quantitative estimate of drug-likeness (QED) is 0.923. The zero-order valence-corrected chi connectivity index (χ0v) is 11.6. The Kier molecular flexibility index (Phi) is 4.53. The van der Waals surface area contributed by atoms with Gasteiger partial charge in [0, 0.05) is 12.1 Å². The monoisotopic (exact) mass is 295 g/mol. The molecule has 0 aliphatic heterocycles. The molecule has 0 heterocycles. The summed E-state index contributed by atoms with van der Waals surface area (Å²) in [7, 11) is 0. The van der Waals surface area contributed by atoms with E-state index in [1.165, 1.54) is 6.07 Å². The molecule has 0 aliphatic rings. The first-order valence-electron chi connectivity index (χ1n) is 6.49. The van der Waals surface area contributed by atoms with Gasteiger partial charge in [0.05, 0.1) is 5.56 Å². The number of nitrogens with two attached hydrogens (primary N) is 1. The van der Waals surface area contributed by atoms with Crippen LogP contribution in [0.1, 0.15) is 22.3 Å². The van der Waals surface area contributed by atoms with Gasteiger partial charge >= 0.3 is 6.18 Å². The first-order valence-corrected chi connectivity index (χ1v) is 6.49. The lowest BCUT2D eigenvalue weighted by Crippen LogP contribution is -2.07. The maximum absolute atomic E-state index is 12.7. The van der Waals surface area contributed by atoms with E-state index in [0.29, 0.717) is 17.9 Å². The Balaban J connectivity index is 2.18. The molecule has 0 atom stereocenters. The fourth-order valence-electron chi connectivity index (χ4n) is 2.07. The van der Waals surface area contributed by atoms with Gasteiger partial charge in [-0.25, -0.2) is 0 Å². The Morgan fingerprint density at radius 2 is 1.81 bits per heavy atom. The Morgan fingerprint density at radius 3 is 2.48 bits per heavy atom. The molecule has 2 N–H and O–H groups in total. The first-order chi connectivity index (χ1) is 9.91. The standard InChI is InChI=1S/C16H16F3NO/c1-11-4-2-6-13(9-20)15(11)21-10-12-5-3-7-14(8-12)16(17,18)19/h2-8H,9-10,20H2,1H3. The summed E-state index contributed by atoms with van der Waals surface area (Å²) in [6.45, 7) is 2.27. The van der Waals surface area contributed by atoms with Crippen LogP contribution in [0.15, 0.2) is 42.5 Å². The molecule has 0 saturated carbocycles. The maximum atomic E-state index is 12.7. The van der Waals surface area contributed by atoms with Gasteiger partial charge in [0.25, 0.3) is 0 Å². The number of rotatable bonds is 4. The normalized spacial score (nSPS) is 11.5. The third kappa shape index (κ3) is 3.76. The van der Waals surface area contributed by atoms with Crippen LogP contribution in [0.2, 0.25) is 0 Å². The van der Waals surface area contributed by atoms with Crippen molar-refractivity contribution in [2.45, 2.75) is 26.3 Å². The van der Waals surface area contributed by atoms with Crippen LogP contribution in [-0.2, 0) is 19.3 Å². The SMILES string of the molecule is Cc1cccc(CN)c1OCc1cccc(C(F)(F)F)c1. The van der Waals surface area contributed by atoms with E-state index >= 15 is 0 Å². The van der Waals surface area contributed by atoms with Crippen LogP contribution < -0.4 is 10.5 Å². The number of halogens is 3. The molecule has 0 spiro atoms. The molecule has 0 saturated heterocycles. The predicted molar refractivity (Wildman–Crippen MR) is 74.8 cm³/mol. The highest BCUT2D eigenvalue weighted by atomic mass is 19.4. The molecule has 0 aliphatic carbocycles. The number of hydrogen-bond acceptors (Lipinski definition) is 2. The minimum Gasteiger partial charge on any atom is -0.488 e. The molecular weight excluding hydrogens is 279 g/mol. The van der Waals surface area contributed by atoms with Gasteiger partial charge < -0.3 is 10.5 Å². The van der Waals surface area contributed by atoms with Gasteiger partial charge in [0.15, 0.2) is 0 Å². The van der Waals surface area contributed by atoms with Crippen LogP contribution in [0.25, 0.3) is 0 Å². The second-order valence-corrected chi connectivity index (χ2v) is 4.75. The Labute approximate surface area is 121 Å². The van der Waals surface area contributed by atoms with Crippen molar-refractivity contribution in [1.82, 2.24) is 0 Å². The van der Waals surface area contributed by atoms with E-state index in [0.717, 1.165) is 23.3 Å². The van der Waals surface area contributed by atoms with Crippen molar-refractivity contribution in [2.24, 2.45) is 5.73 Å². The zero-order valence-electron chi connectivity index (χ0n) is 11.6. The Morgan fingerprint density at radius 1 is 1.10 bits per heavy atom. The smallest absolute Gasteiger partial charge is 0.416 e. The summed E-state index contributed by atoms with van der Waals surface area (Å²) < 4.78 is 43.6. The number of hydrogen-bond donors (Lipinski definition) is 1. The predicted octanol–water partition coefficient (Wildman–Crippen LogP) is 4.05. The minimum absolute atomic E-state index is 0.0712. The van der Waals surface area contributed by atoms with Crippen molar-refractivity contribution in [3.63, 3.8) is 0 Å². The highest BCUT2D eigenvalue weighted by Crippen LogP contribution is 2.30. The lowest BCUT2D eigenvalue weighted by atomic mass is 10.1. The van der Waals surface area contributed by atoms with Gasteiger partial charge in [-0.3, -0.25) is 0 Å². The van der Waals surface area contributed by atoms with Crippen LogP contribution in [0, 0.1) is 6.92 Å². The van der Waals surface area contributed by atoms with E-state index in [1.54, 1.807) is 6.07 Å². The molecular formula is C16H16F3NO. The molecule has 0 radical (unpaired) electrons. The molecule has 2 nitrogen and oxygen atoms in total. The fraction of sp³-hybridized carbons (Fsp3) is 0.250. The molecule has 21 heavy (non-hydrogen) atoms. The fourth-order valence-corrected chi connectivity index (χ4v) is 2.07. The van der Waals surface area contributed by atoms with Crippen LogP contribution in [-0.4, -0.2) is 0 Å². The van der Waals surface area contributed by atoms with E-state index in [-0.39, 0.29) is 6.61 Å². The Hall–Kier alpha value is -2.01. The van der Waals surface area contributed by atoms with Crippen molar-refractivity contribution < 1.29 is 17.9 Å². The van der Waals surface area contributed by atoms with E-state index in [2.05, 4.69) is 0 Å². The van der Waals surface area contributed by atoms with E-state index in [4.69, 9.17) is 10.5 Å². The van der Waals surface area contributed by atoms with E-state index < -0.39 is 11.7 Å². The van der Waals surface area contributed by atoms with Crippen molar-refractivity contribution in [3.05, 3.63) is 64.7 Å². The average molecular weight is 295 g/mol. The summed E-state index contributed by atoms with van der Waals surface area (Å²) in [5.41, 5.74) is 7.18. The first kappa shape index (κ1) is 15.4. The second kappa shape index (κ2) is 6.18. The summed E-state index contributed by atoms with van der Waals surface area (Å²) in [6.07, 6.45) is -4.35. The lowest BCUT2D eigenvalue weighted by Gasteiger charge is -2.14. The highest BCUT2D eigenvalue weighted by molar-refractivity contribution is 5.41. The van der Waals surface area contributed by atoms with Gasteiger partial charge in [0.2, 0.25) is 0 Å². The minimum atomic E-state index is -4.35. The maximum Gasteiger partial charge on any atom is 0.416 e. The molecule has 0 amide bonds.